The quantitative estimate of drug-likeness (QED) is 0.535. The van der Waals surface area contributed by atoms with Crippen molar-refractivity contribution in [3.63, 3.8) is 0 Å². The minimum atomic E-state index is 0.455. The number of halogens is 1. The molecule has 5 heteroatoms. The van der Waals surface area contributed by atoms with Crippen LogP contribution in [0.1, 0.15) is 0 Å². The number of aromatic amines is 1. The molecule has 1 N–H and O–H groups in total. The first-order chi connectivity index (χ1) is 8.25. The molecule has 3 rings (SSSR count). The van der Waals surface area contributed by atoms with E-state index in [0.717, 1.165) is 16.9 Å². The summed E-state index contributed by atoms with van der Waals surface area (Å²) in [7, 11) is 0. The fourth-order valence-electron chi connectivity index (χ4n) is 1.78. The van der Waals surface area contributed by atoms with Gasteiger partial charge in [-0.1, -0.05) is 29.8 Å². The highest BCUT2D eigenvalue weighted by Gasteiger charge is 2.07. The van der Waals surface area contributed by atoms with Crippen LogP contribution in [-0.4, -0.2) is 14.5 Å². The Morgan fingerprint density at radius 2 is 1.88 bits per heavy atom. The van der Waals surface area contributed by atoms with E-state index in [1.54, 1.807) is 6.07 Å². The van der Waals surface area contributed by atoms with Crippen LogP contribution in [-0.2, 0) is 0 Å². The molecule has 0 amide bonds. The standard InChI is InChI=1S/C12H8ClN3S/c13-10-7-6-9-11(15-10)16(12(17)14-9)8-4-2-1-3-5-8/h1-7H,(H,14,17). The number of pyridine rings is 1. The molecule has 17 heavy (non-hydrogen) atoms. The Morgan fingerprint density at radius 1 is 1.12 bits per heavy atom. The van der Waals surface area contributed by atoms with Crippen LogP contribution in [0.4, 0.5) is 0 Å². The maximum atomic E-state index is 5.92. The summed E-state index contributed by atoms with van der Waals surface area (Å²) < 4.78 is 2.48. The maximum Gasteiger partial charge on any atom is 0.183 e. The molecule has 0 aliphatic carbocycles. The average Bonchev–Trinajstić information content (AvgIpc) is 2.65. The van der Waals surface area contributed by atoms with E-state index in [4.69, 9.17) is 23.8 Å². The molecule has 0 spiro atoms. The van der Waals surface area contributed by atoms with E-state index in [9.17, 15) is 0 Å². The normalized spacial score (nSPS) is 10.9. The highest BCUT2D eigenvalue weighted by molar-refractivity contribution is 7.71. The van der Waals surface area contributed by atoms with Gasteiger partial charge in [-0.3, -0.25) is 4.57 Å². The van der Waals surface area contributed by atoms with Gasteiger partial charge < -0.3 is 4.98 Å². The Labute approximate surface area is 108 Å². The molecule has 0 atom stereocenters. The number of aromatic nitrogens is 3. The van der Waals surface area contributed by atoms with Crippen LogP contribution in [0.5, 0.6) is 0 Å². The van der Waals surface area contributed by atoms with Crippen molar-refractivity contribution in [3.8, 4) is 5.69 Å². The molecule has 3 nitrogen and oxygen atoms in total. The van der Waals surface area contributed by atoms with Crippen molar-refractivity contribution in [1.29, 1.82) is 0 Å². The van der Waals surface area contributed by atoms with E-state index in [1.807, 2.05) is 41.0 Å². The van der Waals surface area contributed by atoms with Gasteiger partial charge in [0, 0.05) is 5.69 Å². The minimum absolute atomic E-state index is 0.455. The molecule has 0 bridgehead atoms. The van der Waals surface area contributed by atoms with Gasteiger partial charge in [0.25, 0.3) is 0 Å². The monoisotopic (exact) mass is 261 g/mol. The molecule has 3 aromatic rings. The second-order valence-electron chi connectivity index (χ2n) is 3.61. The molecule has 0 unspecified atom stereocenters. The zero-order chi connectivity index (χ0) is 11.8. The van der Waals surface area contributed by atoms with Crippen molar-refractivity contribution in [2.75, 3.05) is 0 Å². The molecular weight excluding hydrogens is 254 g/mol. The Kier molecular flexibility index (Phi) is 2.46. The van der Waals surface area contributed by atoms with Gasteiger partial charge >= 0.3 is 0 Å². The van der Waals surface area contributed by atoms with Crippen molar-refractivity contribution < 1.29 is 0 Å². The number of nitrogens with one attached hydrogen (secondary N) is 1. The summed E-state index contributed by atoms with van der Waals surface area (Å²) in [5.74, 6) is 0. The molecule has 2 heterocycles. The predicted molar refractivity (Wildman–Crippen MR) is 71.3 cm³/mol. The second-order valence-corrected chi connectivity index (χ2v) is 4.38. The predicted octanol–water partition coefficient (Wildman–Crippen LogP) is 3.74. The van der Waals surface area contributed by atoms with Gasteiger partial charge in [0.15, 0.2) is 10.4 Å². The Morgan fingerprint density at radius 3 is 2.65 bits per heavy atom. The van der Waals surface area contributed by atoms with Crippen LogP contribution < -0.4 is 0 Å². The molecule has 0 saturated heterocycles. The SMILES string of the molecule is S=c1[nH]c2ccc(Cl)nc2n1-c1ccccc1. The summed E-state index contributed by atoms with van der Waals surface area (Å²) in [6, 6.07) is 13.4. The number of nitrogens with zero attached hydrogens (tertiary/aromatic N) is 2. The van der Waals surface area contributed by atoms with E-state index >= 15 is 0 Å². The molecule has 0 radical (unpaired) electrons. The second kappa shape index (κ2) is 3.98. The van der Waals surface area contributed by atoms with Crippen LogP contribution in [0.3, 0.4) is 0 Å². The van der Waals surface area contributed by atoms with E-state index in [0.29, 0.717) is 9.92 Å². The number of para-hydroxylation sites is 1. The summed E-state index contributed by atoms with van der Waals surface area (Å²) in [5, 5.41) is 0.455. The molecule has 2 aromatic heterocycles. The number of hydrogen-bond donors (Lipinski definition) is 1. The summed E-state index contributed by atoms with van der Waals surface area (Å²) in [6.07, 6.45) is 0. The van der Waals surface area contributed by atoms with Gasteiger partial charge in [-0.05, 0) is 36.5 Å². The topological polar surface area (TPSA) is 33.6 Å². The highest BCUT2D eigenvalue weighted by Crippen LogP contribution is 2.19. The van der Waals surface area contributed by atoms with Crippen LogP contribution >= 0.6 is 23.8 Å². The van der Waals surface area contributed by atoms with Gasteiger partial charge in [-0.15, -0.1) is 0 Å². The lowest BCUT2D eigenvalue weighted by Gasteiger charge is -2.02. The molecule has 0 fully saturated rings. The van der Waals surface area contributed by atoms with E-state index in [-0.39, 0.29) is 0 Å². The van der Waals surface area contributed by atoms with Crippen molar-refractivity contribution in [3.05, 3.63) is 52.4 Å². The summed E-state index contributed by atoms with van der Waals surface area (Å²) in [4.78, 5) is 7.41. The highest BCUT2D eigenvalue weighted by atomic mass is 35.5. The lowest BCUT2D eigenvalue weighted by atomic mass is 10.3. The number of fused-ring (bicyclic) bond motifs is 1. The van der Waals surface area contributed by atoms with Gasteiger partial charge in [0.05, 0.1) is 5.52 Å². The van der Waals surface area contributed by atoms with Crippen LogP contribution in [0.2, 0.25) is 5.15 Å². The van der Waals surface area contributed by atoms with E-state index < -0.39 is 0 Å². The van der Waals surface area contributed by atoms with Crippen molar-refractivity contribution in [2.45, 2.75) is 0 Å². The van der Waals surface area contributed by atoms with Crippen LogP contribution in [0.25, 0.3) is 16.9 Å². The summed E-state index contributed by atoms with van der Waals surface area (Å²) in [5.41, 5.74) is 2.59. The fourth-order valence-corrected chi connectivity index (χ4v) is 2.22. The number of rotatable bonds is 1. The van der Waals surface area contributed by atoms with E-state index in [1.165, 1.54) is 0 Å². The van der Waals surface area contributed by atoms with Crippen LogP contribution in [0.15, 0.2) is 42.5 Å². The molecule has 0 aliphatic rings. The van der Waals surface area contributed by atoms with Gasteiger partial charge in [-0.25, -0.2) is 4.98 Å². The van der Waals surface area contributed by atoms with Gasteiger partial charge in [0.1, 0.15) is 5.15 Å². The lowest BCUT2D eigenvalue weighted by Crippen LogP contribution is -1.94. The number of H-pyrrole nitrogens is 1. The Bertz CT molecular complexity index is 730. The van der Waals surface area contributed by atoms with Gasteiger partial charge in [0.2, 0.25) is 0 Å². The molecule has 0 saturated carbocycles. The molecule has 0 aliphatic heterocycles. The van der Waals surface area contributed by atoms with Crippen LogP contribution in [0, 0.1) is 4.77 Å². The van der Waals surface area contributed by atoms with Crippen molar-refractivity contribution in [2.24, 2.45) is 0 Å². The third-order valence-corrected chi connectivity index (χ3v) is 3.01. The smallest absolute Gasteiger partial charge is 0.183 e. The number of hydrogen-bond acceptors (Lipinski definition) is 2. The fraction of sp³-hybridized carbons (Fsp3) is 0. The first-order valence-electron chi connectivity index (χ1n) is 5.08. The summed E-state index contributed by atoms with van der Waals surface area (Å²) >= 11 is 11.2. The first kappa shape index (κ1) is 10.5. The zero-order valence-corrected chi connectivity index (χ0v) is 10.3. The molecule has 1 aromatic carbocycles. The Hall–Kier alpha value is -1.65. The number of imidazole rings is 1. The van der Waals surface area contributed by atoms with Crippen molar-refractivity contribution in [1.82, 2.24) is 14.5 Å². The first-order valence-corrected chi connectivity index (χ1v) is 5.87. The Balaban J connectivity index is 2.40. The third-order valence-electron chi connectivity index (χ3n) is 2.51. The lowest BCUT2D eigenvalue weighted by molar-refractivity contribution is 1.04. The number of benzene rings is 1. The minimum Gasteiger partial charge on any atom is -0.329 e. The zero-order valence-electron chi connectivity index (χ0n) is 8.72. The maximum absolute atomic E-state index is 5.92. The summed E-state index contributed by atoms with van der Waals surface area (Å²) in [6.45, 7) is 0. The third kappa shape index (κ3) is 1.75. The average molecular weight is 262 g/mol. The van der Waals surface area contributed by atoms with Gasteiger partial charge in [-0.2, -0.15) is 0 Å². The molecule has 84 valence electrons. The molecular formula is C12H8ClN3S. The van der Waals surface area contributed by atoms with Crippen molar-refractivity contribution >= 4 is 35.0 Å². The largest absolute Gasteiger partial charge is 0.329 e. The van der Waals surface area contributed by atoms with E-state index in [2.05, 4.69) is 9.97 Å².